The summed E-state index contributed by atoms with van der Waals surface area (Å²) in [4.78, 5) is 12.7. The van der Waals surface area contributed by atoms with Crippen molar-refractivity contribution in [1.82, 2.24) is 20.1 Å². The van der Waals surface area contributed by atoms with Crippen molar-refractivity contribution in [2.24, 2.45) is 5.92 Å². The lowest BCUT2D eigenvalue weighted by Gasteiger charge is -2.15. The molecule has 1 amide bonds. The van der Waals surface area contributed by atoms with Gasteiger partial charge in [-0.1, -0.05) is 43.8 Å². The maximum Gasteiger partial charge on any atom is 0.233 e. The smallest absolute Gasteiger partial charge is 0.233 e. The van der Waals surface area contributed by atoms with Crippen molar-refractivity contribution < 1.29 is 18.7 Å². The SMILES string of the molecule is CC(C)Cn1c(SC(C)C(=O)NCc2ccc3c(c2)OCO3)nnc1-c1ccccc1F. The molecular formula is C23H25FN4O3S. The molecule has 0 bridgehead atoms. The van der Waals surface area contributed by atoms with Crippen LogP contribution in [0.25, 0.3) is 11.4 Å². The molecule has 1 unspecified atom stereocenters. The minimum absolute atomic E-state index is 0.126. The van der Waals surface area contributed by atoms with Gasteiger partial charge in [-0.25, -0.2) is 4.39 Å². The summed E-state index contributed by atoms with van der Waals surface area (Å²) in [6, 6.07) is 12.1. The van der Waals surface area contributed by atoms with E-state index in [4.69, 9.17) is 9.47 Å². The maximum atomic E-state index is 14.4. The second-order valence-electron chi connectivity index (χ2n) is 7.96. The monoisotopic (exact) mass is 456 g/mol. The minimum Gasteiger partial charge on any atom is -0.454 e. The first-order chi connectivity index (χ1) is 15.4. The van der Waals surface area contributed by atoms with E-state index in [0.29, 0.717) is 47.1 Å². The van der Waals surface area contributed by atoms with E-state index in [2.05, 4.69) is 29.4 Å². The summed E-state index contributed by atoms with van der Waals surface area (Å²) in [6.07, 6.45) is 0. The summed E-state index contributed by atoms with van der Waals surface area (Å²) in [7, 11) is 0. The quantitative estimate of drug-likeness (QED) is 0.510. The number of thioether (sulfide) groups is 1. The van der Waals surface area contributed by atoms with Crippen LogP contribution in [-0.2, 0) is 17.9 Å². The molecule has 1 aliphatic rings. The van der Waals surface area contributed by atoms with E-state index in [0.717, 1.165) is 5.56 Å². The molecule has 0 spiro atoms. The zero-order chi connectivity index (χ0) is 22.7. The van der Waals surface area contributed by atoms with E-state index in [-0.39, 0.29) is 18.5 Å². The number of hydrogen-bond donors (Lipinski definition) is 1. The van der Waals surface area contributed by atoms with Gasteiger partial charge in [0.1, 0.15) is 5.82 Å². The lowest BCUT2D eigenvalue weighted by Crippen LogP contribution is -2.30. The van der Waals surface area contributed by atoms with Gasteiger partial charge in [0.25, 0.3) is 0 Å². The van der Waals surface area contributed by atoms with E-state index < -0.39 is 5.25 Å². The van der Waals surface area contributed by atoms with Crippen LogP contribution in [0.15, 0.2) is 47.6 Å². The van der Waals surface area contributed by atoms with Crippen molar-refractivity contribution in [2.75, 3.05) is 6.79 Å². The minimum atomic E-state index is -0.410. The predicted octanol–water partition coefficient (Wildman–Crippen LogP) is 4.27. The first kappa shape index (κ1) is 22.1. The fraction of sp³-hybridized carbons (Fsp3) is 0.348. The van der Waals surface area contributed by atoms with Crippen LogP contribution >= 0.6 is 11.8 Å². The molecule has 168 valence electrons. The molecule has 2 heterocycles. The molecule has 4 rings (SSSR count). The number of aromatic nitrogens is 3. The van der Waals surface area contributed by atoms with Gasteiger partial charge in [0.2, 0.25) is 12.7 Å². The molecule has 0 saturated heterocycles. The lowest BCUT2D eigenvalue weighted by molar-refractivity contribution is -0.120. The first-order valence-corrected chi connectivity index (χ1v) is 11.3. The average Bonchev–Trinajstić information content (AvgIpc) is 3.39. The van der Waals surface area contributed by atoms with Crippen molar-refractivity contribution in [3.63, 3.8) is 0 Å². The summed E-state index contributed by atoms with van der Waals surface area (Å²) < 4.78 is 26.9. The Balaban J connectivity index is 1.45. The highest BCUT2D eigenvalue weighted by Crippen LogP contribution is 2.33. The molecular weight excluding hydrogens is 431 g/mol. The number of amides is 1. The molecule has 32 heavy (non-hydrogen) atoms. The molecule has 9 heteroatoms. The molecule has 0 saturated carbocycles. The van der Waals surface area contributed by atoms with Gasteiger partial charge in [-0.2, -0.15) is 0 Å². The molecule has 1 aliphatic heterocycles. The third-order valence-electron chi connectivity index (χ3n) is 4.93. The van der Waals surface area contributed by atoms with Crippen LogP contribution in [0.3, 0.4) is 0 Å². The lowest BCUT2D eigenvalue weighted by atomic mass is 10.2. The van der Waals surface area contributed by atoms with Gasteiger partial charge in [-0.15, -0.1) is 10.2 Å². The largest absolute Gasteiger partial charge is 0.454 e. The topological polar surface area (TPSA) is 78.3 Å². The molecule has 7 nitrogen and oxygen atoms in total. The Labute approximate surface area is 190 Å². The fourth-order valence-corrected chi connectivity index (χ4v) is 4.23. The van der Waals surface area contributed by atoms with Crippen LogP contribution in [-0.4, -0.2) is 32.7 Å². The van der Waals surface area contributed by atoms with Crippen LogP contribution in [0, 0.1) is 11.7 Å². The molecule has 1 aromatic heterocycles. The molecule has 1 N–H and O–H groups in total. The van der Waals surface area contributed by atoms with Gasteiger partial charge in [-0.3, -0.25) is 4.79 Å². The third-order valence-corrected chi connectivity index (χ3v) is 6.01. The van der Waals surface area contributed by atoms with E-state index in [9.17, 15) is 9.18 Å². The van der Waals surface area contributed by atoms with E-state index >= 15 is 0 Å². The molecule has 0 radical (unpaired) electrons. The molecule has 2 aromatic carbocycles. The van der Waals surface area contributed by atoms with Gasteiger partial charge in [-0.05, 0) is 42.7 Å². The number of fused-ring (bicyclic) bond motifs is 1. The Morgan fingerprint density at radius 2 is 1.94 bits per heavy atom. The maximum absolute atomic E-state index is 14.4. The zero-order valence-corrected chi connectivity index (χ0v) is 19.0. The van der Waals surface area contributed by atoms with Gasteiger partial charge in [0.05, 0.1) is 10.8 Å². The highest BCUT2D eigenvalue weighted by Gasteiger charge is 2.22. The standard InChI is InChI=1S/C23H25FN4O3S/c1-14(2)12-28-21(17-6-4-5-7-18(17)24)26-27-23(28)32-15(3)22(29)25-11-16-8-9-19-20(10-16)31-13-30-19/h4-10,14-15H,11-13H2,1-3H3,(H,25,29). The number of ether oxygens (including phenoxy) is 2. The highest BCUT2D eigenvalue weighted by molar-refractivity contribution is 8.00. The molecule has 0 aliphatic carbocycles. The summed E-state index contributed by atoms with van der Waals surface area (Å²) in [5, 5.41) is 11.6. The van der Waals surface area contributed by atoms with Crippen LogP contribution in [0.5, 0.6) is 11.5 Å². The van der Waals surface area contributed by atoms with Crippen molar-refractivity contribution in [3.8, 4) is 22.9 Å². The first-order valence-electron chi connectivity index (χ1n) is 10.4. The number of halogens is 1. The second-order valence-corrected chi connectivity index (χ2v) is 9.26. The Hall–Kier alpha value is -3.07. The predicted molar refractivity (Wildman–Crippen MR) is 120 cm³/mol. The number of rotatable bonds is 8. The van der Waals surface area contributed by atoms with E-state index in [1.165, 1.54) is 17.8 Å². The molecule has 1 atom stereocenters. The number of benzene rings is 2. The van der Waals surface area contributed by atoms with Crippen LogP contribution in [0.4, 0.5) is 4.39 Å². The zero-order valence-electron chi connectivity index (χ0n) is 18.2. The highest BCUT2D eigenvalue weighted by atomic mass is 32.2. The van der Waals surface area contributed by atoms with Gasteiger partial charge in [0.15, 0.2) is 22.5 Å². The van der Waals surface area contributed by atoms with Crippen molar-refractivity contribution in [1.29, 1.82) is 0 Å². The van der Waals surface area contributed by atoms with Crippen molar-refractivity contribution in [2.45, 2.75) is 44.3 Å². The number of nitrogens with zero attached hydrogens (tertiary/aromatic N) is 3. The number of carbonyl (C=O) groups excluding carboxylic acids is 1. The molecule has 0 fully saturated rings. The van der Waals surface area contributed by atoms with Crippen LogP contribution < -0.4 is 14.8 Å². The van der Waals surface area contributed by atoms with Gasteiger partial charge < -0.3 is 19.4 Å². The van der Waals surface area contributed by atoms with E-state index in [1.54, 1.807) is 18.2 Å². The fourth-order valence-electron chi connectivity index (χ4n) is 3.34. The summed E-state index contributed by atoms with van der Waals surface area (Å²) in [6.45, 7) is 7.16. The normalized spacial score (nSPS) is 13.4. The average molecular weight is 457 g/mol. The van der Waals surface area contributed by atoms with Crippen LogP contribution in [0.2, 0.25) is 0 Å². The Kier molecular flexibility index (Phi) is 6.64. The van der Waals surface area contributed by atoms with E-state index in [1.807, 2.05) is 29.7 Å². The summed E-state index contributed by atoms with van der Waals surface area (Å²) in [5.74, 6) is 1.68. The van der Waals surface area contributed by atoms with Gasteiger partial charge in [0, 0.05) is 13.1 Å². The number of nitrogens with one attached hydrogen (secondary N) is 1. The van der Waals surface area contributed by atoms with Crippen LogP contribution in [0.1, 0.15) is 26.3 Å². The van der Waals surface area contributed by atoms with Gasteiger partial charge >= 0.3 is 0 Å². The Morgan fingerprint density at radius 1 is 1.16 bits per heavy atom. The Bertz CT molecular complexity index is 1120. The van der Waals surface area contributed by atoms with Crippen molar-refractivity contribution >= 4 is 17.7 Å². The molecule has 3 aromatic rings. The summed E-state index contributed by atoms with van der Waals surface area (Å²) in [5.41, 5.74) is 1.32. The number of hydrogen-bond acceptors (Lipinski definition) is 6. The third kappa shape index (κ3) is 4.88. The van der Waals surface area contributed by atoms with Crippen molar-refractivity contribution in [3.05, 3.63) is 53.8 Å². The second kappa shape index (κ2) is 9.60. The Morgan fingerprint density at radius 3 is 2.72 bits per heavy atom. The summed E-state index contributed by atoms with van der Waals surface area (Å²) >= 11 is 1.31. The number of carbonyl (C=O) groups is 1.